The summed E-state index contributed by atoms with van der Waals surface area (Å²) in [6.07, 6.45) is 0. The average molecular weight is 387 g/mol. The molecular formula is C21H26N2O3S. The fraction of sp³-hybridized carbons (Fsp3) is 0.381. The van der Waals surface area contributed by atoms with Crippen LogP contribution in [-0.2, 0) is 9.84 Å². The summed E-state index contributed by atoms with van der Waals surface area (Å²) in [4.78, 5) is 15.0. The molecule has 0 spiro atoms. The van der Waals surface area contributed by atoms with Gasteiger partial charge in [0.15, 0.2) is 9.84 Å². The van der Waals surface area contributed by atoms with Crippen LogP contribution in [0.4, 0.5) is 0 Å². The molecule has 2 aromatic rings. The van der Waals surface area contributed by atoms with Crippen molar-refractivity contribution in [2.75, 3.05) is 19.6 Å². The minimum atomic E-state index is -3.34. The van der Waals surface area contributed by atoms with E-state index in [0.717, 1.165) is 0 Å². The van der Waals surface area contributed by atoms with Crippen LogP contribution in [0, 0.1) is 5.92 Å². The molecule has 0 aliphatic carbocycles. The molecule has 6 heteroatoms. The van der Waals surface area contributed by atoms with Gasteiger partial charge in [-0.3, -0.25) is 4.79 Å². The molecule has 0 unspecified atom stereocenters. The number of carbonyl (C=O) groups is 1. The van der Waals surface area contributed by atoms with Crippen LogP contribution in [0.3, 0.4) is 0 Å². The van der Waals surface area contributed by atoms with Crippen molar-refractivity contribution in [3.63, 3.8) is 0 Å². The summed E-state index contributed by atoms with van der Waals surface area (Å²) in [5.41, 5.74) is 7.65. The lowest BCUT2D eigenvalue weighted by Gasteiger charge is -2.17. The summed E-state index contributed by atoms with van der Waals surface area (Å²) in [6, 6.07) is 16.4. The second-order valence-electron chi connectivity index (χ2n) is 7.34. The van der Waals surface area contributed by atoms with Gasteiger partial charge in [-0.05, 0) is 56.1 Å². The van der Waals surface area contributed by atoms with Crippen molar-refractivity contribution in [3.05, 3.63) is 65.7 Å². The van der Waals surface area contributed by atoms with E-state index in [2.05, 4.69) is 12.1 Å². The van der Waals surface area contributed by atoms with Gasteiger partial charge in [-0.2, -0.15) is 0 Å². The molecule has 2 N–H and O–H groups in total. The zero-order chi connectivity index (χ0) is 19.6. The molecule has 144 valence electrons. The molecule has 1 heterocycles. The van der Waals surface area contributed by atoms with Gasteiger partial charge in [-0.15, -0.1) is 0 Å². The zero-order valence-electron chi connectivity index (χ0n) is 15.7. The third-order valence-electron chi connectivity index (χ3n) is 5.31. The molecule has 2 aromatic carbocycles. The van der Waals surface area contributed by atoms with E-state index in [1.807, 2.05) is 23.1 Å². The van der Waals surface area contributed by atoms with Crippen LogP contribution < -0.4 is 5.73 Å². The van der Waals surface area contributed by atoms with Crippen LogP contribution in [-0.4, -0.2) is 44.1 Å². The number of rotatable bonds is 5. The zero-order valence-corrected chi connectivity index (χ0v) is 16.5. The third kappa shape index (κ3) is 3.92. The fourth-order valence-corrected chi connectivity index (χ4v) is 4.66. The van der Waals surface area contributed by atoms with Crippen LogP contribution in [0.15, 0.2) is 59.5 Å². The number of sulfone groups is 1. The Hall–Kier alpha value is -2.18. The molecule has 0 saturated carbocycles. The highest BCUT2D eigenvalue weighted by molar-refractivity contribution is 7.92. The summed E-state index contributed by atoms with van der Waals surface area (Å²) in [5, 5.41) is -0.491. The lowest BCUT2D eigenvalue weighted by molar-refractivity contribution is 0.0786. The second kappa shape index (κ2) is 7.82. The summed E-state index contributed by atoms with van der Waals surface area (Å²) < 4.78 is 24.5. The molecule has 0 bridgehead atoms. The summed E-state index contributed by atoms with van der Waals surface area (Å²) >= 11 is 0. The first-order valence-corrected chi connectivity index (χ1v) is 10.8. The predicted octanol–water partition coefficient (Wildman–Crippen LogP) is 2.68. The lowest BCUT2D eigenvalue weighted by atomic mass is 9.89. The van der Waals surface area contributed by atoms with Crippen LogP contribution in [0.5, 0.6) is 0 Å². The minimum absolute atomic E-state index is 0.0830. The van der Waals surface area contributed by atoms with E-state index >= 15 is 0 Å². The second-order valence-corrected chi connectivity index (χ2v) is 9.85. The Morgan fingerprint density at radius 3 is 2.26 bits per heavy atom. The standard InChI is InChI=1S/C21H26N2O3S/c1-15(2)27(25,26)19-10-8-17(9-11-19)21(24)23-13-18(12-22)20(14-23)16-6-4-3-5-7-16/h3-11,15,18,20H,12-14,22H2,1-2H3/t18-,20+/m1/s1. The Kier molecular flexibility index (Phi) is 5.67. The highest BCUT2D eigenvalue weighted by atomic mass is 32.2. The lowest BCUT2D eigenvalue weighted by Crippen LogP contribution is -2.29. The Bertz CT molecular complexity index is 893. The first-order chi connectivity index (χ1) is 12.8. The Labute approximate surface area is 161 Å². The molecule has 1 fully saturated rings. The maximum absolute atomic E-state index is 12.9. The van der Waals surface area contributed by atoms with E-state index in [-0.39, 0.29) is 22.6 Å². The number of hydrogen-bond acceptors (Lipinski definition) is 4. The highest BCUT2D eigenvalue weighted by Gasteiger charge is 2.35. The van der Waals surface area contributed by atoms with Gasteiger partial charge in [0.2, 0.25) is 0 Å². The maximum atomic E-state index is 12.9. The van der Waals surface area contributed by atoms with Crippen molar-refractivity contribution in [3.8, 4) is 0 Å². The van der Waals surface area contributed by atoms with Crippen molar-refractivity contribution < 1.29 is 13.2 Å². The van der Waals surface area contributed by atoms with Gasteiger partial charge in [0.1, 0.15) is 0 Å². The molecular weight excluding hydrogens is 360 g/mol. The van der Waals surface area contributed by atoms with Gasteiger partial charge < -0.3 is 10.6 Å². The van der Waals surface area contributed by atoms with E-state index < -0.39 is 15.1 Å². The monoisotopic (exact) mass is 386 g/mol. The van der Waals surface area contributed by atoms with Gasteiger partial charge in [0.25, 0.3) is 5.91 Å². The highest BCUT2D eigenvalue weighted by Crippen LogP contribution is 2.33. The summed E-state index contributed by atoms with van der Waals surface area (Å²) in [5.74, 6) is 0.359. The largest absolute Gasteiger partial charge is 0.338 e. The van der Waals surface area contributed by atoms with E-state index in [0.29, 0.717) is 25.2 Å². The fourth-order valence-electron chi connectivity index (χ4n) is 3.60. The Balaban J connectivity index is 1.78. The number of nitrogens with zero attached hydrogens (tertiary/aromatic N) is 1. The van der Waals surface area contributed by atoms with Crippen molar-refractivity contribution in [1.29, 1.82) is 0 Å². The number of likely N-dealkylation sites (tertiary alicyclic amines) is 1. The topological polar surface area (TPSA) is 80.5 Å². The van der Waals surface area contributed by atoms with E-state index in [9.17, 15) is 13.2 Å². The molecule has 3 rings (SSSR count). The van der Waals surface area contributed by atoms with Crippen molar-refractivity contribution in [2.24, 2.45) is 11.7 Å². The number of benzene rings is 2. The molecule has 27 heavy (non-hydrogen) atoms. The molecule has 1 amide bonds. The Morgan fingerprint density at radius 1 is 1.07 bits per heavy atom. The SMILES string of the molecule is CC(C)S(=O)(=O)c1ccc(C(=O)N2C[C@@H](CN)[C@H](c3ccccc3)C2)cc1. The summed E-state index contributed by atoms with van der Waals surface area (Å²) in [7, 11) is -3.34. The number of hydrogen-bond donors (Lipinski definition) is 1. The smallest absolute Gasteiger partial charge is 0.253 e. The van der Waals surface area contributed by atoms with Crippen LogP contribution in [0.25, 0.3) is 0 Å². The predicted molar refractivity (Wildman–Crippen MR) is 106 cm³/mol. The molecule has 2 atom stereocenters. The van der Waals surface area contributed by atoms with Gasteiger partial charge >= 0.3 is 0 Å². The maximum Gasteiger partial charge on any atom is 0.253 e. The van der Waals surface area contributed by atoms with Gasteiger partial charge in [-0.25, -0.2) is 8.42 Å². The van der Waals surface area contributed by atoms with Crippen molar-refractivity contribution >= 4 is 15.7 Å². The molecule has 1 saturated heterocycles. The molecule has 1 aliphatic rings. The number of nitrogens with two attached hydrogens (primary N) is 1. The van der Waals surface area contributed by atoms with Crippen LogP contribution in [0.1, 0.15) is 35.7 Å². The van der Waals surface area contributed by atoms with Crippen LogP contribution >= 0.6 is 0 Å². The average Bonchev–Trinajstić information content (AvgIpc) is 3.12. The van der Waals surface area contributed by atoms with Crippen molar-refractivity contribution in [1.82, 2.24) is 4.90 Å². The minimum Gasteiger partial charge on any atom is -0.338 e. The number of amides is 1. The molecule has 0 radical (unpaired) electrons. The normalized spacial score (nSPS) is 20.2. The number of carbonyl (C=O) groups excluding carboxylic acids is 1. The van der Waals surface area contributed by atoms with Crippen LogP contribution in [0.2, 0.25) is 0 Å². The van der Waals surface area contributed by atoms with E-state index in [1.165, 1.54) is 17.7 Å². The van der Waals surface area contributed by atoms with Crippen molar-refractivity contribution in [2.45, 2.75) is 29.9 Å². The van der Waals surface area contributed by atoms with Gasteiger partial charge in [0, 0.05) is 24.6 Å². The molecule has 1 aliphatic heterocycles. The van der Waals surface area contributed by atoms with E-state index in [1.54, 1.807) is 26.0 Å². The third-order valence-corrected chi connectivity index (χ3v) is 7.48. The summed E-state index contributed by atoms with van der Waals surface area (Å²) in [6.45, 7) is 5.05. The Morgan fingerprint density at radius 2 is 1.70 bits per heavy atom. The first-order valence-electron chi connectivity index (χ1n) is 9.23. The van der Waals surface area contributed by atoms with E-state index in [4.69, 9.17) is 5.73 Å². The molecule has 5 nitrogen and oxygen atoms in total. The van der Waals surface area contributed by atoms with Gasteiger partial charge in [-0.1, -0.05) is 30.3 Å². The molecule has 0 aromatic heterocycles. The quantitative estimate of drug-likeness (QED) is 0.857. The first kappa shape index (κ1) is 19.6. The van der Waals surface area contributed by atoms with Gasteiger partial charge in [0.05, 0.1) is 10.1 Å².